The SMILES string of the molecule is CC(C)C[C@@H](C(=O)O)N(CCCNC(=O)OC(C)(C)C)C(=O)Cc1ccccc1Cl. The zero-order valence-electron chi connectivity index (χ0n) is 18.4. The molecule has 0 aliphatic carbocycles. The lowest BCUT2D eigenvalue weighted by Crippen LogP contribution is -2.47. The van der Waals surface area contributed by atoms with Gasteiger partial charge in [0.2, 0.25) is 5.91 Å². The maximum atomic E-state index is 13.0. The summed E-state index contributed by atoms with van der Waals surface area (Å²) in [6.45, 7) is 9.59. The van der Waals surface area contributed by atoms with E-state index < -0.39 is 23.7 Å². The summed E-state index contributed by atoms with van der Waals surface area (Å²) in [5, 5.41) is 12.8. The Balaban J connectivity index is 2.84. The number of benzene rings is 1. The molecule has 0 aliphatic heterocycles. The van der Waals surface area contributed by atoms with Gasteiger partial charge in [-0.3, -0.25) is 4.79 Å². The summed E-state index contributed by atoms with van der Waals surface area (Å²) in [4.78, 5) is 38.0. The molecule has 168 valence electrons. The summed E-state index contributed by atoms with van der Waals surface area (Å²) >= 11 is 6.17. The molecule has 1 atom stereocenters. The highest BCUT2D eigenvalue weighted by Gasteiger charge is 2.30. The van der Waals surface area contributed by atoms with Crippen molar-refractivity contribution < 1.29 is 24.2 Å². The number of carboxylic acids is 1. The van der Waals surface area contributed by atoms with E-state index in [9.17, 15) is 19.5 Å². The Labute approximate surface area is 183 Å². The van der Waals surface area contributed by atoms with Crippen molar-refractivity contribution in [3.05, 3.63) is 34.9 Å². The number of alkyl carbamates (subject to hydrolysis) is 1. The van der Waals surface area contributed by atoms with Crippen molar-refractivity contribution in [3.63, 3.8) is 0 Å². The quantitative estimate of drug-likeness (QED) is 0.533. The number of nitrogens with zero attached hydrogens (tertiary/aromatic N) is 1. The van der Waals surface area contributed by atoms with E-state index in [0.29, 0.717) is 23.4 Å². The first-order valence-electron chi connectivity index (χ1n) is 10.1. The molecular weight excluding hydrogens is 408 g/mol. The zero-order valence-corrected chi connectivity index (χ0v) is 19.2. The minimum atomic E-state index is -1.05. The number of carbonyl (C=O) groups excluding carboxylic acids is 2. The first kappa shape index (κ1) is 25.8. The molecule has 30 heavy (non-hydrogen) atoms. The van der Waals surface area contributed by atoms with Crippen molar-refractivity contribution in [3.8, 4) is 0 Å². The van der Waals surface area contributed by atoms with Gasteiger partial charge in [0.1, 0.15) is 11.6 Å². The number of aliphatic carboxylic acids is 1. The van der Waals surface area contributed by atoms with Gasteiger partial charge in [0.25, 0.3) is 0 Å². The van der Waals surface area contributed by atoms with Crippen LogP contribution >= 0.6 is 11.6 Å². The van der Waals surface area contributed by atoms with Crippen LogP contribution in [0.5, 0.6) is 0 Å². The highest BCUT2D eigenvalue weighted by Crippen LogP contribution is 2.19. The van der Waals surface area contributed by atoms with E-state index in [2.05, 4.69) is 5.32 Å². The van der Waals surface area contributed by atoms with Gasteiger partial charge >= 0.3 is 12.1 Å². The summed E-state index contributed by atoms with van der Waals surface area (Å²) in [5.41, 5.74) is 0.0434. The van der Waals surface area contributed by atoms with Gasteiger partial charge in [-0.05, 0) is 51.2 Å². The van der Waals surface area contributed by atoms with E-state index in [-0.39, 0.29) is 31.3 Å². The van der Waals surface area contributed by atoms with E-state index in [0.717, 1.165) is 0 Å². The molecule has 0 heterocycles. The van der Waals surface area contributed by atoms with Crippen molar-refractivity contribution in [2.75, 3.05) is 13.1 Å². The number of rotatable bonds is 10. The number of halogens is 1. The highest BCUT2D eigenvalue weighted by atomic mass is 35.5. The Morgan fingerprint density at radius 1 is 1.20 bits per heavy atom. The van der Waals surface area contributed by atoms with Gasteiger partial charge in [0.05, 0.1) is 6.42 Å². The Bertz CT molecular complexity index is 730. The topological polar surface area (TPSA) is 95.9 Å². The molecule has 2 N–H and O–H groups in total. The predicted octanol–water partition coefficient (Wildman–Crippen LogP) is 4.13. The normalized spacial score (nSPS) is 12.4. The predicted molar refractivity (Wildman–Crippen MR) is 117 cm³/mol. The first-order chi connectivity index (χ1) is 13.9. The summed E-state index contributed by atoms with van der Waals surface area (Å²) in [6, 6.07) is 6.06. The summed E-state index contributed by atoms with van der Waals surface area (Å²) in [6.07, 6.45) is 0.202. The van der Waals surface area contributed by atoms with Crippen LogP contribution in [0, 0.1) is 5.92 Å². The van der Waals surface area contributed by atoms with Gasteiger partial charge in [-0.25, -0.2) is 9.59 Å². The summed E-state index contributed by atoms with van der Waals surface area (Å²) in [7, 11) is 0. The van der Waals surface area contributed by atoms with Crippen LogP contribution in [-0.2, 0) is 20.7 Å². The van der Waals surface area contributed by atoms with Crippen LogP contribution in [0.2, 0.25) is 5.02 Å². The third-order valence-corrected chi connectivity index (χ3v) is 4.59. The lowest BCUT2D eigenvalue weighted by molar-refractivity contribution is -0.150. The molecule has 0 fully saturated rings. The van der Waals surface area contributed by atoms with Gasteiger partial charge in [-0.15, -0.1) is 0 Å². The van der Waals surface area contributed by atoms with Crippen molar-refractivity contribution in [2.45, 2.75) is 65.5 Å². The van der Waals surface area contributed by atoms with E-state index in [1.165, 1.54) is 4.90 Å². The molecule has 0 aliphatic rings. The monoisotopic (exact) mass is 440 g/mol. The fourth-order valence-corrected chi connectivity index (χ4v) is 3.13. The molecule has 0 spiro atoms. The average molecular weight is 441 g/mol. The highest BCUT2D eigenvalue weighted by molar-refractivity contribution is 6.31. The Kier molecular flexibility index (Phi) is 10.1. The first-order valence-corrected chi connectivity index (χ1v) is 10.5. The van der Waals surface area contributed by atoms with E-state index >= 15 is 0 Å². The maximum Gasteiger partial charge on any atom is 0.407 e. The molecule has 8 heteroatoms. The second-order valence-corrected chi connectivity index (χ2v) is 9.03. The van der Waals surface area contributed by atoms with Crippen LogP contribution in [0.15, 0.2) is 24.3 Å². The molecule has 0 unspecified atom stereocenters. The van der Waals surface area contributed by atoms with Gasteiger partial charge in [-0.2, -0.15) is 0 Å². The minimum Gasteiger partial charge on any atom is -0.480 e. The Morgan fingerprint density at radius 2 is 1.83 bits per heavy atom. The molecule has 0 bridgehead atoms. The largest absolute Gasteiger partial charge is 0.480 e. The minimum absolute atomic E-state index is 0.0149. The van der Waals surface area contributed by atoms with Gasteiger partial charge < -0.3 is 20.1 Å². The molecule has 0 aromatic heterocycles. The molecule has 0 radical (unpaired) electrons. The standard InChI is InChI=1S/C22H33ClN2O5/c1-15(2)13-18(20(27)28)25(12-8-11-24-21(29)30-22(3,4)5)19(26)14-16-9-6-7-10-17(16)23/h6-7,9-10,15,18H,8,11-14H2,1-5H3,(H,24,29)(H,27,28)/t18-/m0/s1. The zero-order chi connectivity index (χ0) is 22.9. The van der Waals surface area contributed by atoms with Crippen molar-refractivity contribution in [2.24, 2.45) is 5.92 Å². The van der Waals surface area contributed by atoms with Crippen molar-refractivity contribution >= 4 is 29.6 Å². The lowest BCUT2D eigenvalue weighted by atomic mass is 10.0. The number of ether oxygens (including phenoxy) is 1. The third kappa shape index (κ3) is 9.48. The number of amides is 2. The molecule has 0 saturated heterocycles. The number of nitrogens with one attached hydrogen (secondary N) is 1. The van der Waals surface area contributed by atoms with Crippen LogP contribution in [0.25, 0.3) is 0 Å². The molecule has 7 nitrogen and oxygen atoms in total. The van der Waals surface area contributed by atoms with Crippen molar-refractivity contribution in [1.29, 1.82) is 0 Å². The van der Waals surface area contributed by atoms with Gasteiger partial charge in [0.15, 0.2) is 0 Å². The number of carbonyl (C=O) groups is 3. The Morgan fingerprint density at radius 3 is 2.37 bits per heavy atom. The fourth-order valence-electron chi connectivity index (χ4n) is 2.92. The summed E-state index contributed by atoms with van der Waals surface area (Å²) < 4.78 is 5.18. The van der Waals surface area contributed by atoms with E-state index in [1.807, 2.05) is 13.8 Å². The van der Waals surface area contributed by atoms with Crippen LogP contribution < -0.4 is 5.32 Å². The van der Waals surface area contributed by atoms with Gasteiger partial charge in [-0.1, -0.05) is 43.6 Å². The second kappa shape index (κ2) is 11.8. The number of carboxylic acid groups (broad SMARTS) is 1. The van der Waals surface area contributed by atoms with E-state index in [1.54, 1.807) is 45.0 Å². The molecular formula is C22H33ClN2O5. The fraction of sp³-hybridized carbons (Fsp3) is 0.591. The molecule has 1 aromatic rings. The molecule has 1 rings (SSSR count). The maximum absolute atomic E-state index is 13.0. The lowest BCUT2D eigenvalue weighted by Gasteiger charge is -2.30. The molecule has 2 amide bonds. The molecule has 1 aromatic carbocycles. The number of hydrogen-bond acceptors (Lipinski definition) is 4. The second-order valence-electron chi connectivity index (χ2n) is 8.62. The Hall–Kier alpha value is -2.28. The van der Waals surface area contributed by atoms with Crippen LogP contribution in [0.4, 0.5) is 4.79 Å². The third-order valence-electron chi connectivity index (χ3n) is 4.22. The molecule has 0 saturated carbocycles. The average Bonchev–Trinajstić information content (AvgIpc) is 2.60. The summed E-state index contributed by atoms with van der Waals surface area (Å²) in [5.74, 6) is -1.26. The smallest absolute Gasteiger partial charge is 0.407 e. The van der Waals surface area contributed by atoms with Crippen LogP contribution in [0.1, 0.15) is 53.0 Å². The van der Waals surface area contributed by atoms with Crippen LogP contribution in [0.3, 0.4) is 0 Å². The van der Waals surface area contributed by atoms with Gasteiger partial charge in [0, 0.05) is 18.1 Å². The number of hydrogen-bond donors (Lipinski definition) is 2. The van der Waals surface area contributed by atoms with Crippen molar-refractivity contribution in [1.82, 2.24) is 10.2 Å². The van der Waals surface area contributed by atoms with Crippen LogP contribution in [-0.4, -0.2) is 52.7 Å². The van der Waals surface area contributed by atoms with E-state index in [4.69, 9.17) is 16.3 Å².